The van der Waals surface area contributed by atoms with Gasteiger partial charge in [0.05, 0.1) is 5.69 Å². The van der Waals surface area contributed by atoms with Crippen LogP contribution in [0.5, 0.6) is 11.5 Å². The molecule has 0 atom stereocenters. The van der Waals surface area contributed by atoms with Gasteiger partial charge in [0.15, 0.2) is 0 Å². The summed E-state index contributed by atoms with van der Waals surface area (Å²) in [6.45, 7) is 0. The number of thiazole rings is 1. The summed E-state index contributed by atoms with van der Waals surface area (Å²) < 4.78 is 1.35. The van der Waals surface area contributed by atoms with Gasteiger partial charge in [-0.1, -0.05) is 11.3 Å². The standard InChI is InChI=1S/C9H7NO3S/c11-7-3-6(4-8(12)5-7)10-1-2-14-9(10)13/h1-5,11-12H. The van der Waals surface area contributed by atoms with Gasteiger partial charge < -0.3 is 10.2 Å². The third kappa shape index (κ3) is 1.49. The van der Waals surface area contributed by atoms with Crippen LogP contribution in [-0.4, -0.2) is 14.8 Å². The zero-order valence-corrected chi connectivity index (χ0v) is 7.86. The van der Waals surface area contributed by atoms with E-state index in [1.165, 1.54) is 22.8 Å². The summed E-state index contributed by atoms with van der Waals surface area (Å²) in [4.78, 5) is 11.1. The number of phenols is 2. The summed E-state index contributed by atoms with van der Waals surface area (Å²) in [5.74, 6) is -0.142. The monoisotopic (exact) mass is 209 g/mol. The molecule has 0 saturated heterocycles. The summed E-state index contributed by atoms with van der Waals surface area (Å²) >= 11 is 1.06. The Labute approximate surface area is 83.3 Å². The van der Waals surface area contributed by atoms with E-state index in [4.69, 9.17) is 0 Å². The molecule has 1 aromatic carbocycles. The first-order chi connectivity index (χ1) is 6.66. The molecular formula is C9H7NO3S. The van der Waals surface area contributed by atoms with Crippen LogP contribution in [0.1, 0.15) is 0 Å². The molecule has 0 bridgehead atoms. The van der Waals surface area contributed by atoms with Gasteiger partial charge in [0.2, 0.25) is 0 Å². The topological polar surface area (TPSA) is 62.5 Å². The molecule has 4 nitrogen and oxygen atoms in total. The average molecular weight is 209 g/mol. The molecule has 2 N–H and O–H groups in total. The Morgan fingerprint density at radius 3 is 2.29 bits per heavy atom. The fourth-order valence-corrected chi connectivity index (χ4v) is 1.76. The first-order valence-electron chi connectivity index (χ1n) is 3.86. The Morgan fingerprint density at radius 1 is 1.14 bits per heavy atom. The fourth-order valence-electron chi connectivity index (χ4n) is 1.18. The third-order valence-electron chi connectivity index (χ3n) is 1.74. The summed E-state index contributed by atoms with van der Waals surface area (Å²) in [6.07, 6.45) is 1.58. The van der Waals surface area contributed by atoms with Crippen LogP contribution >= 0.6 is 11.3 Å². The maximum Gasteiger partial charge on any atom is 0.311 e. The van der Waals surface area contributed by atoms with Gasteiger partial charge in [-0.2, -0.15) is 0 Å². The molecule has 0 unspecified atom stereocenters. The van der Waals surface area contributed by atoms with E-state index >= 15 is 0 Å². The molecular weight excluding hydrogens is 202 g/mol. The number of nitrogens with zero attached hydrogens (tertiary/aromatic N) is 1. The third-order valence-corrected chi connectivity index (χ3v) is 2.40. The lowest BCUT2D eigenvalue weighted by molar-refractivity contribution is 0.450. The summed E-state index contributed by atoms with van der Waals surface area (Å²) in [5, 5.41) is 20.1. The van der Waals surface area contributed by atoms with Gasteiger partial charge >= 0.3 is 4.87 Å². The summed E-state index contributed by atoms with van der Waals surface area (Å²) in [5.41, 5.74) is 0.453. The first-order valence-corrected chi connectivity index (χ1v) is 4.74. The average Bonchev–Trinajstić information content (AvgIpc) is 2.49. The number of aromatic hydroxyl groups is 2. The number of hydrogen-bond donors (Lipinski definition) is 2. The minimum Gasteiger partial charge on any atom is -0.508 e. The van der Waals surface area contributed by atoms with Crippen molar-refractivity contribution in [3.05, 3.63) is 39.4 Å². The normalized spacial score (nSPS) is 10.3. The van der Waals surface area contributed by atoms with Crippen LogP contribution in [0.15, 0.2) is 34.6 Å². The SMILES string of the molecule is O=c1sccn1-c1cc(O)cc(O)c1. The quantitative estimate of drug-likeness (QED) is 0.744. The second-order valence-electron chi connectivity index (χ2n) is 2.75. The van der Waals surface area contributed by atoms with Gasteiger partial charge in [0.1, 0.15) is 11.5 Å². The molecule has 2 rings (SSSR count). The lowest BCUT2D eigenvalue weighted by atomic mass is 10.3. The van der Waals surface area contributed by atoms with E-state index in [1.807, 2.05) is 0 Å². The molecule has 0 fully saturated rings. The highest BCUT2D eigenvalue weighted by atomic mass is 32.1. The number of benzene rings is 1. The fraction of sp³-hybridized carbons (Fsp3) is 0. The van der Waals surface area contributed by atoms with Crippen LogP contribution < -0.4 is 4.87 Å². The van der Waals surface area contributed by atoms with Crippen molar-refractivity contribution < 1.29 is 10.2 Å². The Morgan fingerprint density at radius 2 is 1.79 bits per heavy atom. The lowest BCUT2D eigenvalue weighted by Gasteiger charge is -2.02. The molecule has 14 heavy (non-hydrogen) atoms. The second kappa shape index (κ2) is 3.19. The number of rotatable bonds is 1. The van der Waals surface area contributed by atoms with E-state index < -0.39 is 0 Å². The molecule has 1 heterocycles. The highest BCUT2D eigenvalue weighted by molar-refractivity contribution is 7.07. The predicted molar refractivity (Wildman–Crippen MR) is 53.2 cm³/mol. The van der Waals surface area contributed by atoms with Gasteiger partial charge in [0.25, 0.3) is 0 Å². The zero-order valence-electron chi connectivity index (χ0n) is 7.04. The van der Waals surface area contributed by atoms with Gasteiger partial charge in [-0.3, -0.25) is 9.36 Å². The lowest BCUT2D eigenvalue weighted by Crippen LogP contribution is -2.08. The molecule has 1 aromatic heterocycles. The maximum absolute atomic E-state index is 11.3. The van der Waals surface area contributed by atoms with E-state index in [2.05, 4.69) is 0 Å². The number of phenolic OH excluding ortho intramolecular Hbond substituents is 2. The molecule has 0 aliphatic heterocycles. The molecule has 0 saturated carbocycles. The van der Waals surface area contributed by atoms with Crippen molar-refractivity contribution in [2.24, 2.45) is 0 Å². The van der Waals surface area contributed by atoms with Gasteiger partial charge in [-0.15, -0.1) is 0 Å². The Balaban J connectivity index is 2.63. The van der Waals surface area contributed by atoms with Gasteiger partial charge in [-0.05, 0) is 0 Å². The molecule has 0 aliphatic rings. The van der Waals surface area contributed by atoms with Crippen LogP contribution in [0.4, 0.5) is 0 Å². The van der Waals surface area contributed by atoms with Crippen LogP contribution in [0.3, 0.4) is 0 Å². The smallest absolute Gasteiger partial charge is 0.311 e. The van der Waals surface area contributed by atoms with Gasteiger partial charge in [-0.25, -0.2) is 0 Å². The van der Waals surface area contributed by atoms with Gasteiger partial charge in [0, 0.05) is 29.8 Å². The summed E-state index contributed by atoms with van der Waals surface area (Å²) in [6, 6.07) is 4.03. The predicted octanol–water partition coefficient (Wildman–Crippen LogP) is 1.31. The summed E-state index contributed by atoms with van der Waals surface area (Å²) in [7, 11) is 0. The van der Waals surface area contributed by atoms with Crippen molar-refractivity contribution in [2.75, 3.05) is 0 Å². The van der Waals surface area contributed by atoms with Crippen LogP contribution in [-0.2, 0) is 0 Å². The molecule has 0 radical (unpaired) electrons. The Kier molecular flexibility index (Phi) is 2.01. The second-order valence-corrected chi connectivity index (χ2v) is 3.60. The maximum atomic E-state index is 11.3. The minimum atomic E-state index is -0.157. The Bertz CT molecular complexity index is 495. The van der Waals surface area contributed by atoms with Crippen molar-refractivity contribution in [1.29, 1.82) is 0 Å². The zero-order chi connectivity index (χ0) is 10.1. The van der Waals surface area contributed by atoms with Crippen molar-refractivity contribution in [2.45, 2.75) is 0 Å². The Hall–Kier alpha value is -1.75. The van der Waals surface area contributed by atoms with E-state index in [1.54, 1.807) is 11.6 Å². The van der Waals surface area contributed by atoms with Crippen molar-refractivity contribution in [1.82, 2.24) is 4.57 Å². The van der Waals surface area contributed by atoms with E-state index in [-0.39, 0.29) is 16.4 Å². The van der Waals surface area contributed by atoms with Crippen LogP contribution in [0.2, 0.25) is 0 Å². The van der Waals surface area contributed by atoms with E-state index in [0.29, 0.717) is 5.69 Å². The molecule has 72 valence electrons. The number of aromatic nitrogens is 1. The molecule has 0 aliphatic carbocycles. The van der Waals surface area contributed by atoms with Crippen LogP contribution in [0.25, 0.3) is 5.69 Å². The van der Waals surface area contributed by atoms with Crippen molar-refractivity contribution in [3.63, 3.8) is 0 Å². The highest BCUT2D eigenvalue weighted by Crippen LogP contribution is 2.22. The van der Waals surface area contributed by atoms with E-state index in [0.717, 1.165) is 11.3 Å². The van der Waals surface area contributed by atoms with E-state index in [9.17, 15) is 15.0 Å². The molecule has 0 amide bonds. The minimum absolute atomic E-state index is 0.0712. The van der Waals surface area contributed by atoms with Crippen molar-refractivity contribution in [3.8, 4) is 17.2 Å². The first kappa shape index (κ1) is 8.83. The van der Waals surface area contributed by atoms with Crippen molar-refractivity contribution >= 4 is 11.3 Å². The molecule has 0 spiro atoms. The molecule has 5 heteroatoms. The molecule has 2 aromatic rings. The van der Waals surface area contributed by atoms with Crippen LogP contribution in [0, 0.1) is 0 Å². The highest BCUT2D eigenvalue weighted by Gasteiger charge is 2.03. The number of hydrogen-bond acceptors (Lipinski definition) is 4. The largest absolute Gasteiger partial charge is 0.508 e.